The van der Waals surface area contributed by atoms with Crippen LogP contribution < -0.4 is 10.7 Å². The van der Waals surface area contributed by atoms with Crippen LogP contribution in [0.3, 0.4) is 0 Å². The molecule has 0 spiro atoms. The molecule has 3 rings (SSSR count). The SMILES string of the molecule is Cc1cccc(NC(=O)c2c(CC(C)C)n(Cc3cccnc3)c(C)cc2=O)c1C. The zero-order valence-electron chi connectivity index (χ0n) is 18.3. The quantitative estimate of drug-likeness (QED) is 0.651. The summed E-state index contributed by atoms with van der Waals surface area (Å²) in [6, 6.07) is 11.2. The van der Waals surface area contributed by atoms with Crippen LogP contribution in [0.15, 0.2) is 53.6 Å². The third kappa shape index (κ3) is 4.67. The fourth-order valence-electron chi connectivity index (χ4n) is 3.64. The van der Waals surface area contributed by atoms with Crippen LogP contribution in [0.4, 0.5) is 5.69 Å². The molecule has 1 aromatic carbocycles. The summed E-state index contributed by atoms with van der Waals surface area (Å²) in [5, 5.41) is 2.97. The first-order valence-electron chi connectivity index (χ1n) is 10.3. The molecule has 2 aromatic heterocycles. The Balaban J connectivity index is 2.10. The van der Waals surface area contributed by atoms with Gasteiger partial charge in [0, 0.05) is 42.1 Å². The van der Waals surface area contributed by atoms with Crippen molar-refractivity contribution in [3.63, 3.8) is 0 Å². The summed E-state index contributed by atoms with van der Waals surface area (Å²) in [7, 11) is 0. The number of rotatable bonds is 6. The van der Waals surface area contributed by atoms with Crippen molar-refractivity contribution < 1.29 is 4.79 Å². The zero-order chi connectivity index (χ0) is 21.8. The van der Waals surface area contributed by atoms with E-state index in [4.69, 9.17) is 0 Å². The Hall–Kier alpha value is -3.21. The maximum absolute atomic E-state index is 13.3. The van der Waals surface area contributed by atoms with E-state index in [-0.39, 0.29) is 16.9 Å². The van der Waals surface area contributed by atoms with E-state index < -0.39 is 0 Å². The molecule has 5 nitrogen and oxygen atoms in total. The van der Waals surface area contributed by atoms with Crippen molar-refractivity contribution in [2.75, 3.05) is 5.32 Å². The van der Waals surface area contributed by atoms with Crippen molar-refractivity contribution in [3.05, 3.63) is 92.7 Å². The Morgan fingerprint density at radius 3 is 2.57 bits per heavy atom. The molecule has 1 amide bonds. The number of nitrogens with one attached hydrogen (secondary N) is 1. The highest BCUT2D eigenvalue weighted by atomic mass is 16.2. The molecule has 0 saturated carbocycles. The van der Waals surface area contributed by atoms with Gasteiger partial charge in [-0.2, -0.15) is 0 Å². The highest BCUT2D eigenvalue weighted by Gasteiger charge is 2.22. The molecule has 5 heteroatoms. The van der Waals surface area contributed by atoms with E-state index in [1.807, 2.05) is 57.3 Å². The van der Waals surface area contributed by atoms with Crippen LogP contribution in [-0.2, 0) is 13.0 Å². The van der Waals surface area contributed by atoms with Crippen LogP contribution in [-0.4, -0.2) is 15.5 Å². The normalized spacial score (nSPS) is 11.0. The molecule has 0 aliphatic rings. The molecule has 0 atom stereocenters. The number of carbonyl (C=O) groups is 1. The van der Waals surface area contributed by atoms with Gasteiger partial charge < -0.3 is 9.88 Å². The molecular formula is C25H29N3O2. The van der Waals surface area contributed by atoms with Crippen molar-refractivity contribution in [1.82, 2.24) is 9.55 Å². The number of benzene rings is 1. The number of nitrogens with zero attached hydrogens (tertiary/aromatic N) is 2. The molecule has 156 valence electrons. The molecule has 0 unspecified atom stereocenters. The number of carbonyl (C=O) groups excluding carboxylic acids is 1. The molecule has 0 aliphatic heterocycles. The first kappa shape index (κ1) is 21.5. The minimum absolute atomic E-state index is 0.221. The predicted molar refractivity (Wildman–Crippen MR) is 121 cm³/mol. The van der Waals surface area contributed by atoms with Crippen molar-refractivity contribution in [2.45, 2.75) is 47.6 Å². The van der Waals surface area contributed by atoms with Gasteiger partial charge in [0.2, 0.25) is 0 Å². The number of aryl methyl sites for hydroxylation is 2. The van der Waals surface area contributed by atoms with E-state index in [1.54, 1.807) is 12.3 Å². The van der Waals surface area contributed by atoms with Gasteiger partial charge >= 0.3 is 0 Å². The minimum atomic E-state index is -0.357. The number of hydrogen-bond acceptors (Lipinski definition) is 3. The van der Waals surface area contributed by atoms with E-state index in [0.29, 0.717) is 18.9 Å². The first-order chi connectivity index (χ1) is 14.3. The van der Waals surface area contributed by atoms with Crippen molar-refractivity contribution in [2.24, 2.45) is 5.92 Å². The second kappa shape index (κ2) is 9.08. The standard InChI is InChI=1S/C25H29N3O2/c1-16(2)12-22-24(25(30)27-21-10-6-8-17(3)19(21)5)23(29)13-18(4)28(22)15-20-9-7-11-26-14-20/h6-11,13-14,16H,12,15H2,1-5H3,(H,27,30). The van der Waals surface area contributed by atoms with Crippen LogP contribution in [0.25, 0.3) is 0 Å². The smallest absolute Gasteiger partial charge is 0.261 e. The summed E-state index contributed by atoms with van der Waals surface area (Å²) in [4.78, 5) is 30.4. The minimum Gasteiger partial charge on any atom is -0.343 e. The summed E-state index contributed by atoms with van der Waals surface area (Å²) in [5.74, 6) is -0.0668. The van der Waals surface area contributed by atoms with Crippen LogP contribution in [0.5, 0.6) is 0 Å². The lowest BCUT2D eigenvalue weighted by Gasteiger charge is -2.21. The van der Waals surface area contributed by atoms with Crippen LogP contribution in [0, 0.1) is 26.7 Å². The summed E-state index contributed by atoms with van der Waals surface area (Å²) >= 11 is 0. The molecule has 3 aromatic rings. The molecule has 0 saturated heterocycles. The van der Waals surface area contributed by atoms with Gasteiger partial charge in [0.05, 0.1) is 0 Å². The molecule has 0 radical (unpaired) electrons. The largest absolute Gasteiger partial charge is 0.343 e. The number of aromatic nitrogens is 2. The fraction of sp³-hybridized carbons (Fsp3) is 0.320. The van der Waals surface area contributed by atoms with Gasteiger partial charge in [-0.15, -0.1) is 0 Å². The summed E-state index contributed by atoms with van der Waals surface area (Å²) < 4.78 is 2.07. The topological polar surface area (TPSA) is 64.0 Å². The number of pyridine rings is 2. The Morgan fingerprint density at radius 1 is 1.13 bits per heavy atom. The lowest BCUT2D eigenvalue weighted by atomic mass is 10.00. The van der Waals surface area contributed by atoms with E-state index in [9.17, 15) is 9.59 Å². The second-order valence-corrected chi connectivity index (χ2v) is 8.22. The highest BCUT2D eigenvalue weighted by molar-refractivity contribution is 6.05. The third-order valence-electron chi connectivity index (χ3n) is 5.37. The summed E-state index contributed by atoms with van der Waals surface area (Å²) in [5.41, 5.74) is 5.42. The van der Waals surface area contributed by atoms with Gasteiger partial charge in [-0.05, 0) is 61.9 Å². The van der Waals surface area contributed by atoms with Gasteiger partial charge in [0.1, 0.15) is 5.56 Å². The maximum Gasteiger partial charge on any atom is 0.261 e. The number of amides is 1. The molecule has 30 heavy (non-hydrogen) atoms. The summed E-state index contributed by atoms with van der Waals surface area (Å²) in [6.45, 7) is 10.6. The summed E-state index contributed by atoms with van der Waals surface area (Å²) in [6.07, 6.45) is 4.18. The number of hydrogen-bond donors (Lipinski definition) is 1. The Bertz CT molecular complexity index is 1120. The van der Waals surface area contributed by atoms with Gasteiger partial charge in [0.15, 0.2) is 5.43 Å². The molecular weight excluding hydrogens is 374 g/mol. The lowest BCUT2D eigenvalue weighted by Crippen LogP contribution is -2.29. The predicted octanol–water partition coefficient (Wildman–Crippen LogP) is 4.67. The Morgan fingerprint density at radius 2 is 1.90 bits per heavy atom. The average molecular weight is 404 g/mol. The average Bonchev–Trinajstić information content (AvgIpc) is 2.68. The lowest BCUT2D eigenvalue weighted by molar-refractivity contribution is 0.102. The van der Waals surface area contributed by atoms with Crippen molar-refractivity contribution in [3.8, 4) is 0 Å². The second-order valence-electron chi connectivity index (χ2n) is 8.22. The van der Waals surface area contributed by atoms with Gasteiger partial charge in [-0.25, -0.2) is 0 Å². The van der Waals surface area contributed by atoms with Gasteiger partial charge in [0.25, 0.3) is 5.91 Å². The monoisotopic (exact) mass is 403 g/mol. The molecule has 0 fully saturated rings. The maximum atomic E-state index is 13.3. The van der Waals surface area contributed by atoms with E-state index >= 15 is 0 Å². The Kier molecular flexibility index (Phi) is 6.50. The van der Waals surface area contributed by atoms with E-state index in [0.717, 1.165) is 33.8 Å². The Labute approximate surface area is 177 Å². The third-order valence-corrected chi connectivity index (χ3v) is 5.37. The first-order valence-corrected chi connectivity index (χ1v) is 10.3. The number of anilines is 1. The van der Waals surface area contributed by atoms with Crippen LogP contribution in [0.2, 0.25) is 0 Å². The van der Waals surface area contributed by atoms with Gasteiger partial charge in [-0.1, -0.05) is 32.0 Å². The van der Waals surface area contributed by atoms with Crippen LogP contribution >= 0.6 is 0 Å². The van der Waals surface area contributed by atoms with Gasteiger partial charge in [-0.3, -0.25) is 14.6 Å². The molecule has 0 bridgehead atoms. The fourth-order valence-corrected chi connectivity index (χ4v) is 3.64. The molecule has 2 heterocycles. The zero-order valence-corrected chi connectivity index (χ0v) is 18.3. The van der Waals surface area contributed by atoms with Crippen molar-refractivity contribution >= 4 is 11.6 Å². The molecule has 0 aliphatic carbocycles. The van der Waals surface area contributed by atoms with Crippen LogP contribution in [0.1, 0.15) is 52.3 Å². The van der Waals surface area contributed by atoms with E-state index in [2.05, 4.69) is 28.7 Å². The van der Waals surface area contributed by atoms with E-state index in [1.165, 1.54) is 0 Å². The molecule has 1 N–H and O–H groups in total. The van der Waals surface area contributed by atoms with Crippen molar-refractivity contribution in [1.29, 1.82) is 0 Å². The highest BCUT2D eigenvalue weighted by Crippen LogP contribution is 2.21.